The number of primary amides is 1. The Kier molecular flexibility index (Phi) is 7.18. The van der Waals surface area contributed by atoms with Crippen LogP contribution in [0.15, 0.2) is 54.6 Å². The zero-order valence-electron chi connectivity index (χ0n) is 13.9. The van der Waals surface area contributed by atoms with Crippen molar-refractivity contribution in [3.8, 4) is 0 Å². The second-order valence-electron chi connectivity index (χ2n) is 5.56. The first-order valence-corrected chi connectivity index (χ1v) is 8.05. The molecule has 5 N–H and O–H groups in total. The number of anilines is 1. The van der Waals surface area contributed by atoms with Gasteiger partial charge in [-0.15, -0.1) is 0 Å². The molecule has 6 nitrogen and oxygen atoms in total. The highest BCUT2D eigenvalue weighted by Crippen LogP contribution is 2.17. The molecule has 0 spiro atoms. The molecule has 1 saturated heterocycles. The summed E-state index contributed by atoms with van der Waals surface area (Å²) in [7, 11) is 0. The van der Waals surface area contributed by atoms with Gasteiger partial charge >= 0.3 is 6.09 Å². The number of piperazine rings is 1. The lowest BCUT2D eigenvalue weighted by molar-refractivity contribution is 0.205. The third-order valence-electron chi connectivity index (χ3n) is 3.82. The number of hydrogen-bond acceptors (Lipinski definition) is 4. The van der Waals surface area contributed by atoms with Crippen LogP contribution in [0.3, 0.4) is 0 Å². The van der Waals surface area contributed by atoms with Gasteiger partial charge in [-0.1, -0.05) is 36.4 Å². The van der Waals surface area contributed by atoms with Crippen LogP contribution in [0, 0.1) is 5.82 Å². The molecule has 2 aromatic carbocycles. The van der Waals surface area contributed by atoms with Crippen molar-refractivity contribution >= 4 is 11.8 Å². The molecule has 2 aromatic rings. The summed E-state index contributed by atoms with van der Waals surface area (Å²) < 4.78 is 13.7. The van der Waals surface area contributed by atoms with Crippen LogP contribution in [0.5, 0.6) is 0 Å². The van der Waals surface area contributed by atoms with E-state index in [4.69, 9.17) is 9.90 Å². The number of nitrogens with two attached hydrogens (primary N) is 1. The van der Waals surface area contributed by atoms with Gasteiger partial charge in [0.2, 0.25) is 0 Å². The molecule has 0 aromatic heterocycles. The van der Waals surface area contributed by atoms with Crippen LogP contribution in [0.4, 0.5) is 14.9 Å². The highest BCUT2D eigenvalue weighted by molar-refractivity contribution is 5.61. The summed E-state index contributed by atoms with van der Waals surface area (Å²) in [6, 6.07) is 17.3. The smallest absolute Gasteiger partial charge is 0.402 e. The van der Waals surface area contributed by atoms with Gasteiger partial charge in [-0.25, -0.2) is 9.18 Å². The quantitative estimate of drug-likeness (QED) is 0.680. The Balaban J connectivity index is 0.000000511. The van der Waals surface area contributed by atoms with Crippen molar-refractivity contribution in [3.63, 3.8) is 0 Å². The monoisotopic (exact) mass is 346 g/mol. The van der Waals surface area contributed by atoms with Gasteiger partial charge in [0.15, 0.2) is 0 Å². The van der Waals surface area contributed by atoms with Crippen molar-refractivity contribution in [1.29, 1.82) is 0 Å². The molecule has 1 heterocycles. The van der Waals surface area contributed by atoms with Gasteiger partial charge in [0.1, 0.15) is 5.82 Å². The van der Waals surface area contributed by atoms with Gasteiger partial charge in [0, 0.05) is 37.4 Å². The molecule has 1 aliphatic rings. The Hall–Kier alpha value is -2.64. The molecule has 3 rings (SSSR count). The number of nitrogens with zero attached hydrogens (tertiary/aromatic N) is 1. The van der Waals surface area contributed by atoms with E-state index in [9.17, 15) is 4.39 Å². The van der Waals surface area contributed by atoms with E-state index in [1.165, 1.54) is 11.8 Å². The maximum atomic E-state index is 13.7. The predicted molar refractivity (Wildman–Crippen MR) is 95.9 cm³/mol. The number of para-hydroxylation sites is 1. The maximum absolute atomic E-state index is 13.7. The van der Waals surface area contributed by atoms with E-state index in [0.29, 0.717) is 12.1 Å². The van der Waals surface area contributed by atoms with Gasteiger partial charge in [-0.2, -0.15) is 0 Å². The fourth-order valence-electron chi connectivity index (χ4n) is 2.68. The summed E-state index contributed by atoms with van der Waals surface area (Å²) in [6.07, 6.45) is -1.17. The van der Waals surface area contributed by atoms with Crippen molar-refractivity contribution < 1.29 is 14.3 Å². The summed E-state index contributed by atoms with van der Waals surface area (Å²) in [4.78, 5) is 11.1. The van der Waals surface area contributed by atoms with E-state index in [0.717, 1.165) is 19.6 Å². The minimum Gasteiger partial charge on any atom is -0.465 e. The first-order chi connectivity index (χ1) is 12.1. The van der Waals surface area contributed by atoms with Crippen LogP contribution in [-0.4, -0.2) is 37.0 Å². The van der Waals surface area contributed by atoms with Crippen molar-refractivity contribution in [1.82, 2.24) is 10.6 Å². The summed E-state index contributed by atoms with van der Waals surface area (Å²) in [5, 5.41) is 14.0. The molecular weight excluding hydrogens is 323 g/mol. The van der Waals surface area contributed by atoms with E-state index in [1.807, 2.05) is 30.3 Å². The molecule has 134 valence electrons. The third-order valence-corrected chi connectivity index (χ3v) is 3.82. The average Bonchev–Trinajstić information content (AvgIpc) is 2.62. The van der Waals surface area contributed by atoms with E-state index >= 15 is 0 Å². The van der Waals surface area contributed by atoms with Gasteiger partial charge in [0.05, 0.1) is 6.17 Å². The van der Waals surface area contributed by atoms with Crippen molar-refractivity contribution in [2.45, 2.75) is 12.7 Å². The van der Waals surface area contributed by atoms with Gasteiger partial charge < -0.3 is 21.1 Å². The molecule has 1 fully saturated rings. The zero-order valence-corrected chi connectivity index (χ0v) is 13.9. The van der Waals surface area contributed by atoms with Crippen LogP contribution < -0.4 is 21.3 Å². The topological polar surface area (TPSA) is 90.6 Å². The normalized spacial score (nSPS) is 16.7. The summed E-state index contributed by atoms with van der Waals surface area (Å²) >= 11 is 0. The van der Waals surface area contributed by atoms with Crippen LogP contribution >= 0.6 is 0 Å². The Morgan fingerprint density at radius 1 is 1.24 bits per heavy atom. The Morgan fingerprint density at radius 3 is 2.56 bits per heavy atom. The molecular formula is C18H23FN4O2. The molecule has 0 radical (unpaired) electrons. The third kappa shape index (κ3) is 6.06. The second-order valence-corrected chi connectivity index (χ2v) is 5.56. The van der Waals surface area contributed by atoms with Crippen molar-refractivity contribution in [3.05, 3.63) is 66.0 Å². The Labute approximate surface area is 146 Å². The van der Waals surface area contributed by atoms with Gasteiger partial charge in [0.25, 0.3) is 0 Å². The highest BCUT2D eigenvalue weighted by atomic mass is 19.1. The van der Waals surface area contributed by atoms with Crippen molar-refractivity contribution in [2.24, 2.45) is 5.73 Å². The van der Waals surface area contributed by atoms with Crippen molar-refractivity contribution in [2.75, 3.05) is 24.5 Å². The molecule has 0 bridgehead atoms. The number of rotatable bonds is 4. The molecule has 1 amide bonds. The number of halogens is 1. The van der Waals surface area contributed by atoms with E-state index in [1.54, 1.807) is 6.07 Å². The van der Waals surface area contributed by atoms with Crippen LogP contribution in [0.2, 0.25) is 0 Å². The van der Waals surface area contributed by atoms with E-state index < -0.39 is 6.09 Å². The number of amides is 1. The average molecular weight is 346 g/mol. The molecule has 0 saturated carbocycles. The molecule has 1 aliphatic heterocycles. The highest BCUT2D eigenvalue weighted by Gasteiger charge is 2.21. The SMILES string of the molecule is Fc1ccccc1CNC1CNCCN1c1ccccc1.NC(=O)O. The number of nitrogens with one attached hydrogen (secondary N) is 2. The predicted octanol–water partition coefficient (Wildman–Crippen LogP) is 1.97. The molecule has 25 heavy (non-hydrogen) atoms. The van der Waals surface area contributed by atoms with Crippen LogP contribution in [-0.2, 0) is 6.54 Å². The lowest BCUT2D eigenvalue weighted by atomic mass is 10.2. The van der Waals surface area contributed by atoms with Crippen LogP contribution in [0.1, 0.15) is 5.56 Å². The lowest BCUT2D eigenvalue weighted by Crippen LogP contribution is -2.57. The van der Waals surface area contributed by atoms with Gasteiger partial charge in [-0.05, 0) is 18.2 Å². The molecule has 7 heteroatoms. The second kappa shape index (κ2) is 9.61. The van der Waals surface area contributed by atoms with E-state index in [-0.39, 0.29) is 12.0 Å². The summed E-state index contributed by atoms with van der Waals surface area (Å²) in [5.74, 6) is -0.153. The number of hydrogen-bond donors (Lipinski definition) is 4. The molecule has 1 atom stereocenters. The molecule has 0 aliphatic carbocycles. The lowest BCUT2D eigenvalue weighted by Gasteiger charge is -2.38. The first-order valence-electron chi connectivity index (χ1n) is 8.05. The standard InChI is InChI=1S/C17H20FN3.CH3NO2/c18-16-9-5-4-6-14(16)12-20-17-13-19-10-11-21(17)15-7-2-1-3-8-15;2-1(3)4/h1-9,17,19-20H,10-13H2;2H2,(H,3,4). The Morgan fingerprint density at radius 2 is 1.88 bits per heavy atom. The minimum atomic E-state index is -1.33. The number of carbonyl (C=O) groups is 1. The molecule has 1 unspecified atom stereocenters. The first kappa shape index (κ1) is 18.7. The van der Waals surface area contributed by atoms with Crippen LogP contribution in [0.25, 0.3) is 0 Å². The fourth-order valence-corrected chi connectivity index (χ4v) is 2.68. The Bertz CT molecular complexity index is 665. The van der Waals surface area contributed by atoms with E-state index in [2.05, 4.69) is 33.4 Å². The number of benzene rings is 2. The number of carboxylic acid groups (broad SMARTS) is 1. The minimum absolute atomic E-state index is 0.153. The fraction of sp³-hybridized carbons (Fsp3) is 0.278. The van der Waals surface area contributed by atoms with Gasteiger partial charge in [-0.3, -0.25) is 5.32 Å². The zero-order chi connectivity index (χ0) is 18.1. The summed E-state index contributed by atoms with van der Waals surface area (Å²) in [5.41, 5.74) is 5.93. The summed E-state index contributed by atoms with van der Waals surface area (Å²) in [6.45, 7) is 3.29. The largest absolute Gasteiger partial charge is 0.465 e. The maximum Gasteiger partial charge on any atom is 0.402 e.